The van der Waals surface area contributed by atoms with Gasteiger partial charge in [-0.2, -0.15) is 0 Å². The van der Waals surface area contributed by atoms with E-state index in [4.69, 9.17) is 0 Å². The minimum absolute atomic E-state index is 0.270. The van der Waals surface area contributed by atoms with Crippen molar-refractivity contribution in [2.75, 3.05) is 11.0 Å². The van der Waals surface area contributed by atoms with E-state index in [0.29, 0.717) is 5.65 Å². The van der Waals surface area contributed by atoms with Crippen molar-refractivity contribution in [1.29, 1.82) is 0 Å². The highest BCUT2D eigenvalue weighted by molar-refractivity contribution is 7.92. The first kappa shape index (κ1) is 8.95. The summed E-state index contributed by atoms with van der Waals surface area (Å²) in [5.41, 5.74) is 1.25. The topological polar surface area (TPSA) is 87.7 Å². The van der Waals surface area contributed by atoms with Crippen molar-refractivity contribution < 1.29 is 8.42 Å². The molecule has 2 N–H and O–H groups in total. The molecule has 74 valence electrons. The van der Waals surface area contributed by atoms with Crippen LogP contribution in [-0.4, -0.2) is 29.6 Å². The average molecular weight is 212 g/mol. The van der Waals surface area contributed by atoms with Gasteiger partial charge in [0.1, 0.15) is 5.82 Å². The normalized spacial score (nSPS) is 11.8. The minimum atomic E-state index is -3.28. The van der Waals surface area contributed by atoms with Crippen LogP contribution in [0.15, 0.2) is 18.5 Å². The number of pyridine rings is 1. The maximum Gasteiger partial charge on any atom is 0.230 e. The van der Waals surface area contributed by atoms with E-state index in [1.807, 2.05) is 0 Å². The molecule has 2 rings (SSSR count). The molecule has 0 aliphatic heterocycles. The zero-order valence-electron chi connectivity index (χ0n) is 7.35. The van der Waals surface area contributed by atoms with Crippen LogP contribution in [-0.2, 0) is 10.0 Å². The van der Waals surface area contributed by atoms with Crippen LogP contribution in [0.1, 0.15) is 0 Å². The lowest BCUT2D eigenvalue weighted by Gasteiger charge is -2.01. The van der Waals surface area contributed by atoms with Gasteiger partial charge in [-0.15, -0.1) is 0 Å². The third-order valence-electron chi connectivity index (χ3n) is 1.57. The second-order valence-corrected chi connectivity index (χ2v) is 4.59. The van der Waals surface area contributed by atoms with E-state index in [1.165, 1.54) is 6.33 Å². The number of rotatable bonds is 2. The first-order valence-corrected chi connectivity index (χ1v) is 5.72. The molecule has 0 amide bonds. The zero-order chi connectivity index (χ0) is 10.2. The molecule has 14 heavy (non-hydrogen) atoms. The minimum Gasteiger partial charge on any atom is -0.343 e. The lowest BCUT2D eigenvalue weighted by Crippen LogP contribution is -2.10. The van der Waals surface area contributed by atoms with Gasteiger partial charge in [-0.3, -0.25) is 4.72 Å². The highest BCUT2D eigenvalue weighted by atomic mass is 32.2. The number of H-pyrrole nitrogens is 1. The third kappa shape index (κ3) is 1.82. The number of nitrogens with one attached hydrogen (secondary N) is 2. The molecule has 0 aromatic carbocycles. The van der Waals surface area contributed by atoms with Gasteiger partial charge in [0.25, 0.3) is 0 Å². The van der Waals surface area contributed by atoms with Crippen molar-refractivity contribution in [1.82, 2.24) is 15.0 Å². The van der Waals surface area contributed by atoms with Gasteiger partial charge in [-0.1, -0.05) is 0 Å². The van der Waals surface area contributed by atoms with Gasteiger partial charge in [-0.25, -0.2) is 18.4 Å². The van der Waals surface area contributed by atoms with E-state index in [2.05, 4.69) is 19.7 Å². The van der Waals surface area contributed by atoms with Crippen LogP contribution in [0.25, 0.3) is 11.2 Å². The number of nitrogens with zero attached hydrogens (tertiary/aromatic N) is 2. The molecule has 0 radical (unpaired) electrons. The number of aromatic nitrogens is 3. The number of imidazole rings is 1. The molecule has 7 heteroatoms. The summed E-state index contributed by atoms with van der Waals surface area (Å²) >= 11 is 0. The Morgan fingerprint density at radius 2 is 2.21 bits per heavy atom. The number of anilines is 1. The SMILES string of the molecule is CS(=O)(=O)Nc1ccc2[nH]cnc2n1. The Morgan fingerprint density at radius 3 is 2.93 bits per heavy atom. The molecule has 0 bridgehead atoms. The van der Waals surface area contributed by atoms with Gasteiger partial charge in [0.15, 0.2) is 5.65 Å². The first-order chi connectivity index (χ1) is 6.54. The molecule has 6 nitrogen and oxygen atoms in total. The summed E-state index contributed by atoms with van der Waals surface area (Å²) < 4.78 is 24.1. The van der Waals surface area contributed by atoms with Crippen LogP contribution < -0.4 is 4.72 Å². The van der Waals surface area contributed by atoms with Crippen LogP contribution in [0.3, 0.4) is 0 Å². The second-order valence-electron chi connectivity index (χ2n) is 2.84. The number of sulfonamides is 1. The smallest absolute Gasteiger partial charge is 0.230 e. The third-order valence-corrected chi connectivity index (χ3v) is 2.15. The lowest BCUT2D eigenvalue weighted by atomic mass is 10.4. The largest absolute Gasteiger partial charge is 0.343 e. The monoisotopic (exact) mass is 212 g/mol. The van der Waals surface area contributed by atoms with E-state index in [0.717, 1.165) is 11.8 Å². The van der Waals surface area contributed by atoms with Crippen molar-refractivity contribution in [3.05, 3.63) is 18.5 Å². The summed E-state index contributed by atoms with van der Waals surface area (Å²) in [5.74, 6) is 0.270. The maximum absolute atomic E-state index is 10.9. The van der Waals surface area contributed by atoms with Crippen LogP contribution in [0.5, 0.6) is 0 Å². The quantitative estimate of drug-likeness (QED) is 0.750. The van der Waals surface area contributed by atoms with Crippen LogP contribution in [0.2, 0.25) is 0 Å². The molecule has 0 unspecified atom stereocenters. The molecular formula is C7H8N4O2S. The van der Waals surface area contributed by atoms with Crippen LogP contribution in [0, 0.1) is 0 Å². The summed E-state index contributed by atoms with van der Waals surface area (Å²) in [7, 11) is -3.28. The van der Waals surface area contributed by atoms with Gasteiger partial charge in [0.2, 0.25) is 10.0 Å². The Hall–Kier alpha value is -1.63. The first-order valence-electron chi connectivity index (χ1n) is 3.82. The van der Waals surface area contributed by atoms with Gasteiger partial charge >= 0.3 is 0 Å². The highest BCUT2D eigenvalue weighted by Gasteiger charge is 2.04. The van der Waals surface area contributed by atoms with E-state index in [9.17, 15) is 8.42 Å². The molecule has 0 spiro atoms. The average Bonchev–Trinajstić information content (AvgIpc) is 2.47. The number of hydrogen-bond donors (Lipinski definition) is 2. The number of aromatic amines is 1. The molecule has 2 aromatic heterocycles. The predicted octanol–water partition coefficient (Wildman–Crippen LogP) is 0.329. The standard InChI is InChI=1S/C7H8N4O2S/c1-14(12,13)11-6-3-2-5-7(10-6)9-4-8-5/h2-4H,1H3,(H2,8,9,10,11). The molecule has 0 aliphatic carbocycles. The summed E-state index contributed by atoms with van der Waals surface area (Å²) in [6.45, 7) is 0. The molecule has 0 atom stereocenters. The van der Waals surface area contributed by atoms with E-state index in [-0.39, 0.29) is 5.82 Å². The molecular weight excluding hydrogens is 204 g/mol. The molecule has 0 aliphatic rings. The van der Waals surface area contributed by atoms with Crippen molar-refractivity contribution in [3.8, 4) is 0 Å². The van der Waals surface area contributed by atoms with Crippen molar-refractivity contribution in [2.45, 2.75) is 0 Å². The summed E-state index contributed by atoms with van der Waals surface area (Å²) in [6, 6.07) is 3.28. The van der Waals surface area contributed by atoms with Gasteiger partial charge < -0.3 is 4.98 Å². The Morgan fingerprint density at radius 1 is 1.43 bits per heavy atom. The lowest BCUT2D eigenvalue weighted by molar-refractivity contribution is 0.606. The van der Waals surface area contributed by atoms with Gasteiger partial charge in [-0.05, 0) is 12.1 Å². The Labute approximate surface area is 80.4 Å². The molecule has 2 heterocycles. The molecule has 0 fully saturated rings. The van der Waals surface area contributed by atoms with Crippen molar-refractivity contribution >= 4 is 27.0 Å². The molecule has 0 saturated heterocycles. The van der Waals surface area contributed by atoms with E-state index < -0.39 is 10.0 Å². The van der Waals surface area contributed by atoms with E-state index in [1.54, 1.807) is 12.1 Å². The number of fused-ring (bicyclic) bond motifs is 1. The highest BCUT2D eigenvalue weighted by Crippen LogP contribution is 2.11. The fraction of sp³-hybridized carbons (Fsp3) is 0.143. The summed E-state index contributed by atoms with van der Waals surface area (Å²) in [5, 5.41) is 0. The van der Waals surface area contributed by atoms with Gasteiger partial charge in [0, 0.05) is 0 Å². The Bertz CT molecular complexity index is 560. The second kappa shape index (κ2) is 2.95. The summed E-state index contributed by atoms with van der Waals surface area (Å²) in [6.07, 6.45) is 2.57. The molecule has 2 aromatic rings. The Balaban J connectivity index is 2.44. The summed E-state index contributed by atoms with van der Waals surface area (Å²) in [4.78, 5) is 10.8. The van der Waals surface area contributed by atoms with E-state index >= 15 is 0 Å². The van der Waals surface area contributed by atoms with Gasteiger partial charge in [0.05, 0.1) is 18.1 Å². The van der Waals surface area contributed by atoms with Crippen molar-refractivity contribution in [3.63, 3.8) is 0 Å². The zero-order valence-corrected chi connectivity index (χ0v) is 8.17. The molecule has 0 saturated carbocycles. The van der Waals surface area contributed by atoms with Crippen LogP contribution in [0.4, 0.5) is 5.82 Å². The van der Waals surface area contributed by atoms with Crippen LogP contribution >= 0.6 is 0 Å². The fourth-order valence-corrected chi connectivity index (χ4v) is 1.56. The van der Waals surface area contributed by atoms with Crippen molar-refractivity contribution in [2.24, 2.45) is 0 Å². The maximum atomic E-state index is 10.9. The predicted molar refractivity (Wildman–Crippen MR) is 52.4 cm³/mol. The fourth-order valence-electron chi connectivity index (χ4n) is 1.07. The Kier molecular flexibility index (Phi) is 1.88. The number of hydrogen-bond acceptors (Lipinski definition) is 4.